The second kappa shape index (κ2) is 8.87. The van der Waals surface area contributed by atoms with E-state index in [9.17, 15) is 4.79 Å². The monoisotopic (exact) mass is 360 g/mol. The summed E-state index contributed by atoms with van der Waals surface area (Å²) in [5.41, 5.74) is 0.0966. The molecule has 0 radical (unpaired) electrons. The minimum atomic E-state index is -0.692. The number of nitrogens with one attached hydrogen (secondary N) is 1. The number of methoxy groups -OCH3 is 1. The fourth-order valence-corrected chi connectivity index (χ4v) is 4.17. The van der Waals surface area contributed by atoms with E-state index in [-0.39, 0.29) is 5.91 Å². The predicted molar refractivity (Wildman–Crippen MR) is 104 cm³/mol. The van der Waals surface area contributed by atoms with Gasteiger partial charge < -0.3 is 14.8 Å². The number of anilines is 1. The van der Waals surface area contributed by atoms with Crippen LogP contribution in [-0.4, -0.2) is 49.8 Å². The maximum atomic E-state index is 12.8. The average Bonchev–Trinajstić information content (AvgIpc) is 3.16. The maximum Gasteiger partial charge on any atom is 0.256 e. The molecule has 0 bridgehead atoms. The van der Waals surface area contributed by atoms with E-state index in [4.69, 9.17) is 9.47 Å². The van der Waals surface area contributed by atoms with Crippen molar-refractivity contribution in [3.05, 3.63) is 24.3 Å². The van der Waals surface area contributed by atoms with E-state index < -0.39 is 5.60 Å². The lowest BCUT2D eigenvalue weighted by Crippen LogP contribution is -2.47. The molecule has 0 unspecified atom stereocenters. The standard InChI is InChI=1S/C21H32N2O3/c1-17-6-5-11-21(16-17,25-2)20(24)22-18-7-9-19(10-8-18)26-15-14-23-12-3-4-13-23/h7-10,17H,3-6,11-16H2,1-2H3,(H,22,24)/t17-,21-/m1/s1. The van der Waals surface area contributed by atoms with Crippen LogP contribution in [0.2, 0.25) is 0 Å². The van der Waals surface area contributed by atoms with Crippen molar-refractivity contribution < 1.29 is 14.3 Å². The molecule has 5 heteroatoms. The minimum absolute atomic E-state index is 0.0331. The van der Waals surface area contributed by atoms with Crippen LogP contribution in [-0.2, 0) is 9.53 Å². The largest absolute Gasteiger partial charge is 0.492 e. The van der Waals surface area contributed by atoms with Gasteiger partial charge in [-0.25, -0.2) is 0 Å². The summed E-state index contributed by atoms with van der Waals surface area (Å²) in [5.74, 6) is 1.32. The fraction of sp³-hybridized carbons (Fsp3) is 0.667. The van der Waals surface area contributed by atoms with Gasteiger partial charge >= 0.3 is 0 Å². The number of rotatable bonds is 7. The molecule has 144 valence electrons. The Morgan fingerprint density at radius 1 is 1.23 bits per heavy atom. The summed E-state index contributed by atoms with van der Waals surface area (Å²) in [4.78, 5) is 15.2. The van der Waals surface area contributed by atoms with Crippen LogP contribution < -0.4 is 10.1 Å². The number of benzene rings is 1. The molecule has 1 heterocycles. The van der Waals surface area contributed by atoms with Crippen LogP contribution in [0.15, 0.2) is 24.3 Å². The van der Waals surface area contributed by atoms with Crippen LogP contribution in [0.4, 0.5) is 5.69 Å². The Balaban J connectivity index is 1.50. The normalized spacial score (nSPS) is 26.6. The molecule has 5 nitrogen and oxygen atoms in total. The zero-order chi connectivity index (χ0) is 18.4. The molecule has 1 aliphatic carbocycles. The number of carbonyl (C=O) groups excluding carboxylic acids is 1. The van der Waals surface area contributed by atoms with E-state index in [0.29, 0.717) is 12.5 Å². The quantitative estimate of drug-likeness (QED) is 0.806. The van der Waals surface area contributed by atoms with Crippen LogP contribution in [0, 0.1) is 5.92 Å². The maximum absolute atomic E-state index is 12.8. The summed E-state index contributed by atoms with van der Waals surface area (Å²) in [6.07, 6.45) is 6.38. The highest BCUT2D eigenvalue weighted by Gasteiger charge is 2.41. The Labute approximate surface area is 157 Å². The summed E-state index contributed by atoms with van der Waals surface area (Å²) in [5, 5.41) is 3.02. The summed E-state index contributed by atoms with van der Waals surface area (Å²) >= 11 is 0. The zero-order valence-electron chi connectivity index (χ0n) is 16.1. The molecule has 0 aromatic heterocycles. The fourth-order valence-electron chi connectivity index (χ4n) is 4.17. The molecule has 0 spiro atoms. The smallest absolute Gasteiger partial charge is 0.256 e. The Morgan fingerprint density at radius 2 is 1.96 bits per heavy atom. The number of ether oxygens (including phenoxy) is 2. The molecule has 26 heavy (non-hydrogen) atoms. The molecule has 2 aliphatic rings. The first kappa shape index (κ1) is 19.2. The summed E-state index contributed by atoms with van der Waals surface area (Å²) in [6, 6.07) is 7.64. The van der Waals surface area contributed by atoms with E-state index in [1.54, 1.807) is 7.11 Å². The molecule has 3 rings (SSSR count). The Morgan fingerprint density at radius 3 is 2.62 bits per heavy atom. The second-order valence-electron chi connectivity index (χ2n) is 7.78. The summed E-state index contributed by atoms with van der Waals surface area (Å²) in [6.45, 7) is 6.25. The topological polar surface area (TPSA) is 50.8 Å². The lowest BCUT2D eigenvalue weighted by atomic mass is 9.78. The number of amides is 1. The number of hydrogen-bond donors (Lipinski definition) is 1. The molecule has 1 N–H and O–H groups in total. The third-order valence-electron chi connectivity index (χ3n) is 5.75. The lowest BCUT2D eigenvalue weighted by Gasteiger charge is -2.37. The van der Waals surface area contributed by atoms with Crippen molar-refractivity contribution in [1.29, 1.82) is 0 Å². The van der Waals surface area contributed by atoms with Crippen molar-refractivity contribution in [2.45, 2.75) is 51.0 Å². The predicted octanol–water partition coefficient (Wildman–Crippen LogP) is 3.70. The van der Waals surface area contributed by atoms with E-state index in [1.807, 2.05) is 24.3 Å². The van der Waals surface area contributed by atoms with Crippen molar-refractivity contribution in [3.63, 3.8) is 0 Å². The third-order valence-corrected chi connectivity index (χ3v) is 5.75. The van der Waals surface area contributed by atoms with Gasteiger partial charge in [0.05, 0.1) is 0 Å². The molecule has 2 atom stereocenters. The molecule has 1 aromatic carbocycles. The van der Waals surface area contributed by atoms with Gasteiger partial charge in [0.1, 0.15) is 18.0 Å². The Bertz CT molecular complexity index is 583. The molecule has 1 saturated heterocycles. The molecular formula is C21H32N2O3. The molecular weight excluding hydrogens is 328 g/mol. The van der Waals surface area contributed by atoms with Crippen LogP contribution in [0.1, 0.15) is 45.4 Å². The van der Waals surface area contributed by atoms with Crippen molar-refractivity contribution in [2.24, 2.45) is 5.92 Å². The molecule has 1 aliphatic heterocycles. The highest BCUT2D eigenvalue weighted by atomic mass is 16.5. The summed E-state index contributed by atoms with van der Waals surface area (Å²) in [7, 11) is 1.65. The Hall–Kier alpha value is -1.59. The number of nitrogens with zero attached hydrogens (tertiary/aromatic N) is 1. The number of hydrogen-bond acceptors (Lipinski definition) is 4. The zero-order valence-corrected chi connectivity index (χ0v) is 16.1. The van der Waals surface area contributed by atoms with Gasteiger partial charge in [-0.1, -0.05) is 13.3 Å². The third kappa shape index (κ3) is 4.77. The van der Waals surface area contributed by atoms with Gasteiger partial charge in [0.25, 0.3) is 5.91 Å². The van der Waals surface area contributed by atoms with Gasteiger partial charge in [-0.15, -0.1) is 0 Å². The lowest BCUT2D eigenvalue weighted by molar-refractivity contribution is -0.143. The van der Waals surface area contributed by atoms with E-state index in [2.05, 4.69) is 17.1 Å². The molecule has 1 aromatic rings. The first-order valence-electron chi connectivity index (χ1n) is 9.93. The highest BCUT2D eigenvalue weighted by Crippen LogP contribution is 2.35. The second-order valence-corrected chi connectivity index (χ2v) is 7.78. The first-order chi connectivity index (χ1) is 12.6. The van der Waals surface area contributed by atoms with Crippen molar-refractivity contribution >= 4 is 11.6 Å². The Kier molecular flexibility index (Phi) is 6.54. The van der Waals surface area contributed by atoms with Gasteiger partial charge in [-0.2, -0.15) is 0 Å². The highest BCUT2D eigenvalue weighted by molar-refractivity contribution is 5.97. The van der Waals surface area contributed by atoms with Crippen molar-refractivity contribution in [3.8, 4) is 5.75 Å². The SMILES string of the molecule is CO[C@]1(C(=O)Nc2ccc(OCCN3CCCC3)cc2)CCC[C@@H](C)C1. The van der Waals surface area contributed by atoms with E-state index >= 15 is 0 Å². The molecule has 1 saturated carbocycles. The summed E-state index contributed by atoms with van der Waals surface area (Å²) < 4.78 is 11.5. The van der Waals surface area contributed by atoms with Crippen molar-refractivity contribution in [1.82, 2.24) is 4.90 Å². The first-order valence-corrected chi connectivity index (χ1v) is 9.93. The van der Waals surface area contributed by atoms with Gasteiger partial charge in [0.2, 0.25) is 0 Å². The van der Waals surface area contributed by atoms with Gasteiger partial charge in [0.15, 0.2) is 0 Å². The van der Waals surface area contributed by atoms with Gasteiger partial charge in [-0.05, 0) is 75.4 Å². The molecule has 2 fully saturated rings. The number of likely N-dealkylation sites (tertiary alicyclic amines) is 1. The average molecular weight is 360 g/mol. The van der Waals surface area contributed by atoms with Gasteiger partial charge in [0, 0.05) is 19.3 Å². The number of carbonyl (C=O) groups is 1. The van der Waals surface area contributed by atoms with Gasteiger partial charge in [-0.3, -0.25) is 9.69 Å². The van der Waals surface area contributed by atoms with E-state index in [0.717, 1.165) is 37.2 Å². The van der Waals surface area contributed by atoms with Crippen molar-refractivity contribution in [2.75, 3.05) is 38.7 Å². The van der Waals surface area contributed by atoms with Crippen LogP contribution in [0.25, 0.3) is 0 Å². The minimum Gasteiger partial charge on any atom is -0.492 e. The van der Waals surface area contributed by atoms with E-state index in [1.165, 1.54) is 32.4 Å². The van der Waals surface area contributed by atoms with Crippen LogP contribution >= 0.6 is 0 Å². The van der Waals surface area contributed by atoms with Crippen LogP contribution in [0.5, 0.6) is 5.75 Å². The van der Waals surface area contributed by atoms with Crippen LogP contribution in [0.3, 0.4) is 0 Å². The molecule has 1 amide bonds.